The van der Waals surface area contributed by atoms with Gasteiger partial charge in [0.05, 0.1) is 13.5 Å². The first-order valence-corrected chi connectivity index (χ1v) is 7.54. The molecular formula is C16H18N2O2S. The summed E-state index contributed by atoms with van der Waals surface area (Å²) in [6, 6.07) is 15.8. The van der Waals surface area contributed by atoms with Gasteiger partial charge in [0.25, 0.3) is 0 Å². The highest BCUT2D eigenvalue weighted by molar-refractivity contribution is 7.98. The lowest BCUT2D eigenvalue weighted by Crippen LogP contribution is -2.31. The molecule has 0 radical (unpaired) electrons. The Bertz CT molecular complexity index is 599. The lowest BCUT2D eigenvalue weighted by molar-refractivity contribution is -0.120. The van der Waals surface area contributed by atoms with Gasteiger partial charge in [0.2, 0.25) is 5.91 Å². The van der Waals surface area contributed by atoms with Crippen LogP contribution in [0.3, 0.4) is 0 Å². The number of rotatable bonds is 6. The summed E-state index contributed by atoms with van der Waals surface area (Å²) in [5.74, 6) is 6.61. The van der Waals surface area contributed by atoms with Crippen LogP contribution in [0.15, 0.2) is 53.4 Å². The highest BCUT2D eigenvalue weighted by atomic mass is 32.2. The van der Waals surface area contributed by atoms with Crippen LogP contribution >= 0.6 is 11.8 Å². The number of amides is 1. The molecule has 110 valence electrons. The molecule has 0 saturated heterocycles. The van der Waals surface area contributed by atoms with E-state index in [9.17, 15) is 4.79 Å². The Labute approximate surface area is 128 Å². The molecule has 4 nitrogen and oxygen atoms in total. The van der Waals surface area contributed by atoms with Crippen molar-refractivity contribution in [2.45, 2.75) is 17.1 Å². The number of nitrogens with two attached hydrogens (primary N) is 1. The van der Waals surface area contributed by atoms with Crippen molar-refractivity contribution in [1.82, 2.24) is 5.43 Å². The third-order valence-electron chi connectivity index (χ3n) is 3.08. The minimum atomic E-state index is -0.183. The molecule has 0 heterocycles. The van der Waals surface area contributed by atoms with E-state index in [-0.39, 0.29) is 5.91 Å². The SMILES string of the molecule is COc1ccc(SCc2ccccc2CC(=O)NN)cc1. The van der Waals surface area contributed by atoms with E-state index >= 15 is 0 Å². The zero-order valence-electron chi connectivity index (χ0n) is 11.8. The van der Waals surface area contributed by atoms with Gasteiger partial charge in [-0.1, -0.05) is 24.3 Å². The molecular weight excluding hydrogens is 284 g/mol. The van der Waals surface area contributed by atoms with Crippen molar-refractivity contribution in [2.75, 3.05) is 7.11 Å². The number of hydrazine groups is 1. The van der Waals surface area contributed by atoms with E-state index in [2.05, 4.69) is 5.43 Å². The van der Waals surface area contributed by atoms with Gasteiger partial charge in [-0.2, -0.15) is 0 Å². The van der Waals surface area contributed by atoms with Crippen molar-refractivity contribution < 1.29 is 9.53 Å². The number of thioether (sulfide) groups is 1. The number of ether oxygens (including phenoxy) is 1. The second-order valence-electron chi connectivity index (χ2n) is 4.48. The predicted molar refractivity (Wildman–Crippen MR) is 85.0 cm³/mol. The van der Waals surface area contributed by atoms with Gasteiger partial charge in [-0.25, -0.2) is 5.84 Å². The van der Waals surface area contributed by atoms with Gasteiger partial charge in [0.15, 0.2) is 0 Å². The van der Waals surface area contributed by atoms with Crippen LogP contribution in [0.4, 0.5) is 0 Å². The summed E-state index contributed by atoms with van der Waals surface area (Å²) in [4.78, 5) is 12.6. The molecule has 0 aromatic heterocycles. The molecule has 0 fully saturated rings. The minimum Gasteiger partial charge on any atom is -0.497 e. The molecule has 3 N–H and O–H groups in total. The van der Waals surface area contributed by atoms with Gasteiger partial charge < -0.3 is 4.74 Å². The maximum atomic E-state index is 11.4. The van der Waals surface area contributed by atoms with Crippen LogP contribution in [0.5, 0.6) is 5.75 Å². The Kier molecular flexibility index (Phi) is 5.66. The van der Waals surface area contributed by atoms with Crippen LogP contribution in [-0.4, -0.2) is 13.0 Å². The van der Waals surface area contributed by atoms with Crippen molar-refractivity contribution in [3.05, 3.63) is 59.7 Å². The Morgan fingerprint density at radius 2 is 1.81 bits per heavy atom. The fraction of sp³-hybridized carbons (Fsp3) is 0.188. The highest BCUT2D eigenvalue weighted by Crippen LogP contribution is 2.26. The summed E-state index contributed by atoms with van der Waals surface area (Å²) in [5.41, 5.74) is 4.31. The molecule has 0 bridgehead atoms. The lowest BCUT2D eigenvalue weighted by Gasteiger charge is -2.09. The van der Waals surface area contributed by atoms with Gasteiger partial charge in [-0.15, -0.1) is 11.8 Å². The Morgan fingerprint density at radius 3 is 2.43 bits per heavy atom. The summed E-state index contributed by atoms with van der Waals surface area (Å²) >= 11 is 1.72. The largest absolute Gasteiger partial charge is 0.497 e. The number of hydrogen-bond donors (Lipinski definition) is 2. The monoisotopic (exact) mass is 302 g/mol. The molecule has 2 aromatic rings. The predicted octanol–water partition coefficient (Wildman–Crippen LogP) is 2.52. The fourth-order valence-electron chi connectivity index (χ4n) is 1.93. The van der Waals surface area contributed by atoms with Crippen LogP contribution in [-0.2, 0) is 17.0 Å². The summed E-state index contributed by atoms with van der Waals surface area (Å²) < 4.78 is 5.14. The normalized spacial score (nSPS) is 10.2. The Balaban J connectivity index is 2.03. The summed E-state index contributed by atoms with van der Waals surface area (Å²) in [6.07, 6.45) is 0.301. The Morgan fingerprint density at radius 1 is 1.14 bits per heavy atom. The number of methoxy groups -OCH3 is 1. The molecule has 21 heavy (non-hydrogen) atoms. The van der Waals surface area contributed by atoms with Gasteiger partial charge in [-0.05, 0) is 35.4 Å². The van der Waals surface area contributed by atoms with Gasteiger partial charge in [0, 0.05) is 10.6 Å². The Hall–Kier alpha value is -1.98. The van der Waals surface area contributed by atoms with Gasteiger partial charge in [-0.3, -0.25) is 10.2 Å². The number of benzene rings is 2. The van der Waals surface area contributed by atoms with Gasteiger partial charge in [0.1, 0.15) is 5.75 Å². The summed E-state index contributed by atoms with van der Waals surface area (Å²) in [7, 11) is 1.65. The van der Waals surface area contributed by atoms with Gasteiger partial charge >= 0.3 is 0 Å². The molecule has 0 aliphatic heterocycles. The maximum absolute atomic E-state index is 11.4. The highest BCUT2D eigenvalue weighted by Gasteiger charge is 2.07. The average molecular weight is 302 g/mol. The maximum Gasteiger partial charge on any atom is 0.238 e. The number of carbonyl (C=O) groups is 1. The molecule has 0 aliphatic rings. The second kappa shape index (κ2) is 7.71. The van der Waals surface area contributed by atoms with E-state index < -0.39 is 0 Å². The zero-order valence-corrected chi connectivity index (χ0v) is 12.7. The van der Waals surface area contributed by atoms with Crippen molar-refractivity contribution in [3.8, 4) is 5.75 Å². The molecule has 0 spiro atoms. The van der Waals surface area contributed by atoms with Crippen molar-refractivity contribution >= 4 is 17.7 Å². The third kappa shape index (κ3) is 4.51. The average Bonchev–Trinajstić information content (AvgIpc) is 2.54. The smallest absolute Gasteiger partial charge is 0.238 e. The van der Waals surface area contributed by atoms with Crippen LogP contribution in [0.2, 0.25) is 0 Å². The second-order valence-corrected chi connectivity index (χ2v) is 5.53. The molecule has 2 rings (SSSR count). The first-order chi connectivity index (χ1) is 10.2. The minimum absolute atomic E-state index is 0.183. The van der Waals surface area contributed by atoms with E-state index in [1.165, 1.54) is 0 Å². The third-order valence-corrected chi connectivity index (χ3v) is 4.14. The molecule has 0 unspecified atom stereocenters. The van der Waals surface area contributed by atoms with Crippen LogP contribution in [0, 0.1) is 0 Å². The lowest BCUT2D eigenvalue weighted by atomic mass is 10.1. The number of carbonyl (C=O) groups excluding carboxylic acids is 1. The molecule has 1 amide bonds. The van der Waals surface area contributed by atoms with E-state index in [4.69, 9.17) is 10.6 Å². The zero-order chi connectivity index (χ0) is 15.1. The van der Waals surface area contributed by atoms with Crippen LogP contribution in [0.1, 0.15) is 11.1 Å². The number of hydrogen-bond acceptors (Lipinski definition) is 4. The first kappa shape index (κ1) is 15.4. The van der Waals surface area contributed by atoms with Crippen molar-refractivity contribution in [3.63, 3.8) is 0 Å². The molecule has 0 aliphatic carbocycles. The topological polar surface area (TPSA) is 64.3 Å². The first-order valence-electron chi connectivity index (χ1n) is 6.56. The molecule has 0 atom stereocenters. The standard InChI is InChI=1S/C16H18N2O2S/c1-20-14-6-8-15(9-7-14)21-11-13-5-3-2-4-12(13)10-16(19)18-17/h2-9H,10-11,17H2,1H3,(H,18,19). The summed E-state index contributed by atoms with van der Waals surface area (Å²) in [5, 5.41) is 0. The fourth-order valence-corrected chi connectivity index (χ4v) is 2.86. The van der Waals surface area contributed by atoms with E-state index in [0.717, 1.165) is 27.5 Å². The van der Waals surface area contributed by atoms with E-state index in [1.807, 2.05) is 48.5 Å². The van der Waals surface area contributed by atoms with E-state index in [0.29, 0.717) is 6.42 Å². The summed E-state index contributed by atoms with van der Waals surface area (Å²) in [6.45, 7) is 0. The molecule has 2 aromatic carbocycles. The van der Waals surface area contributed by atoms with Crippen molar-refractivity contribution in [1.29, 1.82) is 0 Å². The number of nitrogens with one attached hydrogen (secondary N) is 1. The molecule has 5 heteroatoms. The van der Waals surface area contributed by atoms with Crippen LogP contribution in [0.25, 0.3) is 0 Å². The molecule has 0 saturated carbocycles. The van der Waals surface area contributed by atoms with Crippen molar-refractivity contribution in [2.24, 2.45) is 5.84 Å². The van der Waals surface area contributed by atoms with Crippen LogP contribution < -0.4 is 16.0 Å². The quantitative estimate of drug-likeness (QED) is 0.372. The van der Waals surface area contributed by atoms with E-state index in [1.54, 1.807) is 18.9 Å².